The van der Waals surface area contributed by atoms with Gasteiger partial charge in [0.1, 0.15) is 5.52 Å². The fourth-order valence-electron chi connectivity index (χ4n) is 4.63. The Hall–Kier alpha value is -2.43. The van der Waals surface area contributed by atoms with E-state index in [0.717, 1.165) is 23.9 Å². The summed E-state index contributed by atoms with van der Waals surface area (Å²) in [6, 6.07) is 11.7. The third-order valence-electron chi connectivity index (χ3n) is 6.58. The summed E-state index contributed by atoms with van der Waals surface area (Å²) >= 11 is 0. The molecule has 0 bridgehead atoms. The minimum Gasteiger partial charge on any atom is -0.326 e. The Labute approximate surface area is 199 Å². The van der Waals surface area contributed by atoms with Crippen LogP contribution in [0.3, 0.4) is 0 Å². The highest BCUT2D eigenvalue weighted by atomic mass is 16.1. The van der Waals surface area contributed by atoms with Crippen molar-refractivity contribution in [2.24, 2.45) is 0 Å². The SMILES string of the molecule is CCCCCCCCCCCCCCCCC(=O)C(n1cccc1)n1nnc2ccccc21. The van der Waals surface area contributed by atoms with Gasteiger partial charge in [0.25, 0.3) is 0 Å². The van der Waals surface area contributed by atoms with Crippen LogP contribution in [0.25, 0.3) is 11.0 Å². The summed E-state index contributed by atoms with van der Waals surface area (Å²) in [5.41, 5.74) is 1.71. The maximum absolute atomic E-state index is 13.2. The number of unbranched alkanes of at least 4 members (excludes halogenated alkanes) is 13. The quantitative estimate of drug-likeness (QED) is 0.186. The van der Waals surface area contributed by atoms with Crippen molar-refractivity contribution < 1.29 is 4.79 Å². The highest BCUT2D eigenvalue weighted by Gasteiger charge is 2.24. The van der Waals surface area contributed by atoms with Crippen molar-refractivity contribution in [1.29, 1.82) is 0 Å². The van der Waals surface area contributed by atoms with E-state index >= 15 is 0 Å². The standard InChI is InChI=1S/C28H42N4O/c1-2-3-4-5-6-7-8-9-10-11-12-13-14-15-22-27(33)28(31-23-18-19-24-31)32-26-21-17-16-20-25(26)29-30-32/h16-21,23-24,28H,2-15,22H2,1H3. The molecule has 1 aromatic carbocycles. The van der Waals surface area contributed by atoms with E-state index in [-0.39, 0.29) is 5.78 Å². The van der Waals surface area contributed by atoms with Crippen molar-refractivity contribution in [3.8, 4) is 0 Å². The van der Waals surface area contributed by atoms with Crippen LogP contribution in [0.15, 0.2) is 48.8 Å². The van der Waals surface area contributed by atoms with Gasteiger partial charge in [-0.15, -0.1) is 5.10 Å². The molecule has 2 heterocycles. The van der Waals surface area contributed by atoms with Gasteiger partial charge in [0.05, 0.1) is 5.52 Å². The maximum Gasteiger partial charge on any atom is 0.188 e. The molecule has 0 aliphatic heterocycles. The Balaban J connectivity index is 1.32. The molecule has 0 saturated carbocycles. The molecule has 0 radical (unpaired) electrons. The summed E-state index contributed by atoms with van der Waals surface area (Å²) in [6.07, 6.45) is 22.5. The molecule has 1 atom stereocenters. The number of rotatable bonds is 18. The molecule has 0 amide bonds. The summed E-state index contributed by atoms with van der Waals surface area (Å²) in [6.45, 7) is 2.28. The normalized spacial score (nSPS) is 12.4. The number of hydrogen-bond donors (Lipinski definition) is 0. The molecule has 2 aromatic heterocycles. The number of ketones is 1. The average Bonchev–Trinajstić information content (AvgIpc) is 3.51. The first-order valence-corrected chi connectivity index (χ1v) is 13.3. The van der Waals surface area contributed by atoms with Gasteiger partial charge in [-0.2, -0.15) is 0 Å². The van der Waals surface area contributed by atoms with Crippen LogP contribution in [-0.4, -0.2) is 25.3 Å². The molecule has 180 valence electrons. The van der Waals surface area contributed by atoms with Crippen molar-refractivity contribution in [3.05, 3.63) is 48.8 Å². The number of benzene rings is 1. The Morgan fingerprint density at radius 3 is 1.91 bits per heavy atom. The molecular weight excluding hydrogens is 408 g/mol. The fraction of sp³-hybridized carbons (Fsp3) is 0.607. The molecule has 0 aliphatic rings. The number of nitrogens with zero attached hydrogens (tertiary/aromatic N) is 4. The summed E-state index contributed by atoms with van der Waals surface area (Å²) in [7, 11) is 0. The molecule has 33 heavy (non-hydrogen) atoms. The Morgan fingerprint density at radius 1 is 0.758 bits per heavy atom. The lowest BCUT2D eigenvalue weighted by molar-refractivity contribution is -0.123. The Bertz CT molecular complexity index is 915. The molecule has 3 rings (SSSR count). The van der Waals surface area contributed by atoms with E-state index in [0.29, 0.717) is 6.42 Å². The summed E-state index contributed by atoms with van der Waals surface area (Å²) in [5.74, 6) is 0.195. The van der Waals surface area contributed by atoms with Gasteiger partial charge in [0.2, 0.25) is 0 Å². The minimum absolute atomic E-state index is 0.195. The van der Waals surface area contributed by atoms with E-state index in [1.807, 2.05) is 53.4 Å². The maximum atomic E-state index is 13.2. The first-order chi connectivity index (χ1) is 16.3. The number of hydrogen-bond acceptors (Lipinski definition) is 3. The van der Waals surface area contributed by atoms with Crippen molar-refractivity contribution >= 4 is 16.8 Å². The molecule has 1 unspecified atom stereocenters. The van der Waals surface area contributed by atoms with Crippen LogP contribution in [0.4, 0.5) is 0 Å². The lowest BCUT2D eigenvalue weighted by Gasteiger charge is -2.18. The van der Waals surface area contributed by atoms with Gasteiger partial charge in [-0.05, 0) is 30.7 Å². The lowest BCUT2D eigenvalue weighted by Crippen LogP contribution is -2.27. The zero-order valence-electron chi connectivity index (χ0n) is 20.5. The van der Waals surface area contributed by atoms with Crippen LogP contribution in [0.1, 0.15) is 109 Å². The van der Waals surface area contributed by atoms with Gasteiger partial charge in [-0.1, -0.05) is 108 Å². The van der Waals surface area contributed by atoms with Gasteiger partial charge in [-0.3, -0.25) is 4.79 Å². The van der Waals surface area contributed by atoms with Gasteiger partial charge in [0.15, 0.2) is 11.9 Å². The molecular formula is C28H42N4O. The third kappa shape index (κ3) is 8.13. The first-order valence-electron chi connectivity index (χ1n) is 13.3. The number of aromatic nitrogens is 4. The molecule has 0 saturated heterocycles. The molecule has 0 aliphatic carbocycles. The van der Waals surface area contributed by atoms with Gasteiger partial charge >= 0.3 is 0 Å². The second kappa shape index (κ2) is 14.7. The second-order valence-electron chi connectivity index (χ2n) is 9.34. The van der Waals surface area contributed by atoms with E-state index in [1.54, 1.807) is 4.68 Å². The number of carbonyl (C=O) groups excluding carboxylic acids is 1. The van der Waals surface area contributed by atoms with E-state index in [9.17, 15) is 4.79 Å². The summed E-state index contributed by atoms with van der Waals surface area (Å²) in [5, 5.41) is 8.57. The number of para-hydroxylation sites is 1. The molecule has 5 heteroatoms. The van der Waals surface area contributed by atoms with Gasteiger partial charge < -0.3 is 4.57 Å². The van der Waals surface area contributed by atoms with Crippen molar-refractivity contribution in [2.75, 3.05) is 0 Å². The highest BCUT2D eigenvalue weighted by molar-refractivity contribution is 5.85. The van der Waals surface area contributed by atoms with Crippen molar-refractivity contribution in [3.63, 3.8) is 0 Å². The molecule has 0 N–H and O–H groups in total. The predicted octanol–water partition coefficient (Wildman–Crippen LogP) is 7.72. The fourth-order valence-corrected chi connectivity index (χ4v) is 4.63. The van der Waals surface area contributed by atoms with Crippen LogP contribution >= 0.6 is 0 Å². The van der Waals surface area contributed by atoms with Crippen LogP contribution in [0.2, 0.25) is 0 Å². The molecule has 3 aromatic rings. The highest BCUT2D eigenvalue weighted by Crippen LogP contribution is 2.21. The number of Topliss-reactive ketones (excluding diaryl/α,β-unsaturated/α-hetero) is 1. The van der Waals surface area contributed by atoms with Crippen molar-refractivity contribution in [2.45, 2.75) is 109 Å². The van der Waals surface area contributed by atoms with E-state index in [1.165, 1.54) is 77.0 Å². The van der Waals surface area contributed by atoms with Crippen LogP contribution in [0, 0.1) is 0 Å². The summed E-state index contributed by atoms with van der Waals surface area (Å²) in [4.78, 5) is 13.2. The lowest BCUT2D eigenvalue weighted by atomic mass is 10.0. The summed E-state index contributed by atoms with van der Waals surface area (Å²) < 4.78 is 3.70. The monoisotopic (exact) mass is 450 g/mol. The second-order valence-corrected chi connectivity index (χ2v) is 9.34. The predicted molar refractivity (Wildman–Crippen MR) is 136 cm³/mol. The van der Waals surface area contributed by atoms with E-state index < -0.39 is 6.17 Å². The van der Waals surface area contributed by atoms with E-state index in [4.69, 9.17) is 0 Å². The Kier molecular flexibility index (Phi) is 11.2. The van der Waals surface area contributed by atoms with Crippen LogP contribution < -0.4 is 0 Å². The van der Waals surface area contributed by atoms with Crippen LogP contribution in [-0.2, 0) is 4.79 Å². The minimum atomic E-state index is -0.464. The van der Waals surface area contributed by atoms with Crippen LogP contribution in [0.5, 0.6) is 0 Å². The number of fused-ring (bicyclic) bond motifs is 1. The van der Waals surface area contributed by atoms with E-state index in [2.05, 4.69) is 17.2 Å². The van der Waals surface area contributed by atoms with Gasteiger partial charge in [0, 0.05) is 18.8 Å². The zero-order chi connectivity index (χ0) is 23.1. The topological polar surface area (TPSA) is 52.7 Å². The van der Waals surface area contributed by atoms with Gasteiger partial charge in [-0.25, -0.2) is 4.68 Å². The van der Waals surface area contributed by atoms with Crippen molar-refractivity contribution in [1.82, 2.24) is 19.6 Å². The first kappa shape index (κ1) is 25.2. The average molecular weight is 451 g/mol. The molecule has 0 fully saturated rings. The molecule has 5 nitrogen and oxygen atoms in total. The molecule has 0 spiro atoms. The largest absolute Gasteiger partial charge is 0.326 e. The zero-order valence-corrected chi connectivity index (χ0v) is 20.5. The number of carbonyl (C=O) groups is 1. The third-order valence-corrected chi connectivity index (χ3v) is 6.58. The Morgan fingerprint density at radius 2 is 1.30 bits per heavy atom. The smallest absolute Gasteiger partial charge is 0.188 e.